The van der Waals surface area contributed by atoms with E-state index in [0.29, 0.717) is 34.3 Å². The van der Waals surface area contributed by atoms with E-state index >= 15 is 0 Å². The zero-order valence-corrected chi connectivity index (χ0v) is 13.0. The molecule has 2 heterocycles. The van der Waals surface area contributed by atoms with Crippen molar-refractivity contribution in [1.82, 2.24) is 14.1 Å². The lowest BCUT2D eigenvalue weighted by Crippen LogP contribution is -2.38. The number of hydrogen-bond acceptors (Lipinski definition) is 4. The highest BCUT2D eigenvalue weighted by atomic mass is 16.2. The normalized spacial score (nSPS) is 11.1. The van der Waals surface area contributed by atoms with Gasteiger partial charge in [0.1, 0.15) is 5.65 Å². The number of nitrogens with zero attached hydrogens (tertiary/aromatic N) is 3. The Morgan fingerprint density at radius 2 is 1.81 bits per heavy atom. The molecule has 0 saturated carbocycles. The van der Waals surface area contributed by atoms with Gasteiger partial charge in [0.05, 0.1) is 11.1 Å². The fourth-order valence-corrected chi connectivity index (χ4v) is 2.75. The van der Waals surface area contributed by atoms with Gasteiger partial charge in [-0.1, -0.05) is 13.3 Å². The maximum atomic E-state index is 12.5. The number of carbonyl (C=O) groups excluding carboxylic acids is 1. The van der Waals surface area contributed by atoms with Crippen LogP contribution in [0.15, 0.2) is 9.59 Å². The quantitative estimate of drug-likeness (QED) is 0.793. The van der Waals surface area contributed by atoms with Crippen molar-refractivity contribution < 1.29 is 4.79 Å². The Morgan fingerprint density at radius 1 is 1.19 bits per heavy atom. The van der Waals surface area contributed by atoms with Crippen LogP contribution in [0.1, 0.15) is 41.9 Å². The number of ketones is 1. The summed E-state index contributed by atoms with van der Waals surface area (Å²) in [7, 11) is 3.02. The topological polar surface area (TPSA) is 74.0 Å². The molecule has 0 radical (unpaired) electrons. The molecule has 2 rings (SSSR count). The van der Waals surface area contributed by atoms with Gasteiger partial charge in [-0.25, -0.2) is 9.78 Å². The second-order valence-corrected chi connectivity index (χ2v) is 5.26. The number of carbonyl (C=O) groups is 1. The second-order valence-electron chi connectivity index (χ2n) is 5.26. The van der Waals surface area contributed by atoms with Gasteiger partial charge in [0.15, 0.2) is 5.78 Å². The molecule has 0 spiro atoms. The number of aromatic nitrogens is 3. The predicted octanol–water partition coefficient (Wildman–Crippen LogP) is 1.10. The summed E-state index contributed by atoms with van der Waals surface area (Å²) in [6.45, 7) is 5.19. The molecule has 6 nitrogen and oxygen atoms in total. The van der Waals surface area contributed by atoms with Gasteiger partial charge in [0.2, 0.25) is 0 Å². The van der Waals surface area contributed by atoms with Gasteiger partial charge in [-0.2, -0.15) is 0 Å². The molecule has 0 fully saturated rings. The lowest BCUT2D eigenvalue weighted by Gasteiger charge is -2.15. The molecule has 21 heavy (non-hydrogen) atoms. The number of rotatable bonds is 3. The first-order valence-electron chi connectivity index (χ1n) is 6.91. The van der Waals surface area contributed by atoms with E-state index in [2.05, 4.69) is 4.98 Å². The summed E-state index contributed by atoms with van der Waals surface area (Å²) in [5.74, 6) is -0.110. The van der Waals surface area contributed by atoms with Crippen LogP contribution in [0.5, 0.6) is 0 Å². The van der Waals surface area contributed by atoms with Crippen molar-refractivity contribution in [2.24, 2.45) is 14.1 Å². The van der Waals surface area contributed by atoms with Crippen LogP contribution in [-0.4, -0.2) is 19.9 Å². The molecule has 0 aromatic carbocycles. The third kappa shape index (κ3) is 2.20. The molecule has 0 saturated heterocycles. The van der Waals surface area contributed by atoms with Crippen LogP contribution in [0.3, 0.4) is 0 Å². The second kappa shape index (κ2) is 5.27. The van der Waals surface area contributed by atoms with Crippen LogP contribution in [0.25, 0.3) is 11.0 Å². The molecular weight excluding hydrogens is 270 g/mol. The van der Waals surface area contributed by atoms with Gasteiger partial charge in [-0.3, -0.25) is 18.7 Å². The Balaban J connectivity index is 3.17. The third-order valence-corrected chi connectivity index (χ3v) is 3.72. The SMILES string of the molecule is CCCc1c(C(C)=O)c(C)nc2c1c(=O)n(C)c(=O)n2C. The number of aryl methyl sites for hydroxylation is 3. The third-order valence-electron chi connectivity index (χ3n) is 3.72. The maximum absolute atomic E-state index is 12.5. The van der Waals surface area contributed by atoms with E-state index in [4.69, 9.17) is 0 Å². The van der Waals surface area contributed by atoms with Gasteiger partial charge < -0.3 is 0 Å². The van der Waals surface area contributed by atoms with E-state index in [9.17, 15) is 14.4 Å². The average molecular weight is 289 g/mol. The molecule has 0 bridgehead atoms. The Bertz CT molecular complexity index is 859. The molecule has 0 atom stereocenters. The summed E-state index contributed by atoms with van der Waals surface area (Å²) in [5.41, 5.74) is 1.28. The van der Waals surface area contributed by atoms with Crippen molar-refractivity contribution in [1.29, 1.82) is 0 Å². The standard InChI is InChI=1S/C15H19N3O3/c1-6-7-10-11(9(3)19)8(2)16-13-12(10)14(20)18(5)15(21)17(13)4/h6-7H2,1-5H3. The van der Waals surface area contributed by atoms with Gasteiger partial charge in [0, 0.05) is 19.7 Å². The van der Waals surface area contributed by atoms with Crippen molar-refractivity contribution in [2.75, 3.05) is 0 Å². The van der Waals surface area contributed by atoms with Crippen molar-refractivity contribution in [3.63, 3.8) is 0 Å². The number of hydrogen-bond donors (Lipinski definition) is 0. The van der Waals surface area contributed by atoms with Gasteiger partial charge in [-0.15, -0.1) is 0 Å². The first kappa shape index (κ1) is 15.2. The van der Waals surface area contributed by atoms with E-state index in [1.54, 1.807) is 14.0 Å². The number of Topliss-reactive ketones (excluding diaryl/α,β-unsaturated/α-hetero) is 1. The minimum Gasteiger partial charge on any atom is -0.294 e. The predicted molar refractivity (Wildman–Crippen MR) is 81.0 cm³/mol. The van der Waals surface area contributed by atoms with Gasteiger partial charge >= 0.3 is 5.69 Å². The van der Waals surface area contributed by atoms with E-state index < -0.39 is 11.2 Å². The monoisotopic (exact) mass is 289 g/mol. The van der Waals surface area contributed by atoms with Crippen LogP contribution >= 0.6 is 0 Å². The molecule has 6 heteroatoms. The van der Waals surface area contributed by atoms with E-state index in [-0.39, 0.29) is 5.78 Å². The van der Waals surface area contributed by atoms with Crippen molar-refractivity contribution in [3.05, 3.63) is 37.7 Å². The lowest BCUT2D eigenvalue weighted by molar-refractivity contribution is 0.101. The maximum Gasteiger partial charge on any atom is 0.332 e. The molecule has 0 aliphatic rings. The average Bonchev–Trinajstić information content (AvgIpc) is 2.42. The van der Waals surface area contributed by atoms with Crippen LogP contribution in [0.4, 0.5) is 0 Å². The highest BCUT2D eigenvalue weighted by Crippen LogP contribution is 2.22. The zero-order valence-electron chi connectivity index (χ0n) is 13.0. The Hall–Kier alpha value is -2.24. The highest BCUT2D eigenvalue weighted by Gasteiger charge is 2.20. The fraction of sp³-hybridized carbons (Fsp3) is 0.467. The first-order chi connectivity index (χ1) is 9.81. The minimum atomic E-state index is -0.419. The lowest BCUT2D eigenvalue weighted by atomic mass is 9.96. The van der Waals surface area contributed by atoms with Gasteiger partial charge in [0.25, 0.3) is 5.56 Å². The van der Waals surface area contributed by atoms with Crippen molar-refractivity contribution in [2.45, 2.75) is 33.6 Å². The number of pyridine rings is 1. The van der Waals surface area contributed by atoms with E-state index in [0.717, 1.165) is 11.0 Å². The Morgan fingerprint density at radius 3 is 2.33 bits per heavy atom. The molecule has 0 amide bonds. The molecule has 112 valence electrons. The van der Waals surface area contributed by atoms with E-state index in [1.165, 1.54) is 18.5 Å². The molecule has 2 aromatic rings. The Labute approximate surface area is 122 Å². The molecule has 0 aliphatic carbocycles. The van der Waals surface area contributed by atoms with Crippen LogP contribution in [0.2, 0.25) is 0 Å². The van der Waals surface area contributed by atoms with Crippen LogP contribution in [-0.2, 0) is 20.5 Å². The summed E-state index contributed by atoms with van der Waals surface area (Å²) < 4.78 is 2.41. The summed E-state index contributed by atoms with van der Waals surface area (Å²) in [5, 5.41) is 0.372. The molecular formula is C15H19N3O3. The summed E-state index contributed by atoms with van der Waals surface area (Å²) in [4.78, 5) is 40.8. The molecule has 0 N–H and O–H groups in total. The highest BCUT2D eigenvalue weighted by molar-refractivity contribution is 6.00. The van der Waals surface area contributed by atoms with Crippen LogP contribution in [0, 0.1) is 6.92 Å². The van der Waals surface area contributed by atoms with Gasteiger partial charge in [-0.05, 0) is 25.8 Å². The molecule has 0 aliphatic heterocycles. The summed E-state index contributed by atoms with van der Waals surface area (Å²) in [6.07, 6.45) is 1.40. The number of fused-ring (bicyclic) bond motifs is 1. The molecule has 2 aromatic heterocycles. The fourth-order valence-electron chi connectivity index (χ4n) is 2.75. The molecule has 0 unspecified atom stereocenters. The Kier molecular flexibility index (Phi) is 3.80. The van der Waals surface area contributed by atoms with E-state index in [1.807, 2.05) is 6.92 Å². The van der Waals surface area contributed by atoms with Crippen molar-refractivity contribution in [3.8, 4) is 0 Å². The summed E-state index contributed by atoms with van der Waals surface area (Å²) >= 11 is 0. The first-order valence-corrected chi connectivity index (χ1v) is 6.91. The largest absolute Gasteiger partial charge is 0.332 e. The van der Waals surface area contributed by atoms with Crippen molar-refractivity contribution >= 4 is 16.8 Å². The zero-order chi connectivity index (χ0) is 15.9. The van der Waals surface area contributed by atoms with Crippen LogP contribution < -0.4 is 11.2 Å². The smallest absolute Gasteiger partial charge is 0.294 e. The minimum absolute atomic E-state index is 0.110. The summed E-state index contributed by atoms with van der Waals surface area (Å²) in [6, 6.07) is 0.